The van der Waals surface area contributed by atoms with Gasteiger partial charge in [0.1, 0.15) is 0 Å². The highest BCUT2D eigenvalue weighted by Crippen LogP contribution is 2.34. The summed E-state index contributed by atoms with van der Waals surface area (Å²) in [5.41, 5.74) is 1.08. The number of Topliss-reactive ketones (excluding diaryl/α,β-unsaturated/α-hetero) is 1. The lowest BCUT2D eigenvalue weighted by Gasteiger charge is -2.41. The van der Waals surface area contributed by atoms with Gasteiger partial charge < -0.3 is 9.80 Å². The van der Waals surface area contributed by atoms with Gasteiger partial charge in [-0.2, -0.15) is 8.78 Å². The molecule has 4 rings (SSSR count). The van der Waals surface area contributed by atoms with Gasteiger partial charge in [-0.25, -0.2) is 0 Å². The number of thioether (sulfide) groups is 1. The fraction of sp³-hybridized carbons (Fsp3) is 0.259. The molecule has 1 fully saturated rings. The van der Waals surface area contributed by atoms with Crippen molar-refractivity contribution < 1.29 is 18.4 Å². The average molecular weight is 549 g/mol. The van der Waals surface area contributed by atoms with E-state index in [2.05, 4.69) is 11.8 Å². The van der Waals surface area contributed by atoms with Crippen LogP contribution in [0.4, 0.5) is 14.5 Å². The van der Waals surface area contributed by atoms with E-state index >= 15 is 0 Å². The third-order valence-electron chi connectivity index (χ3n) is 6.08. The predicted octanol–water partition coefficient (Wildman–Crippen LogP) is 6.80. The van der Waals surface area contributed by atoms with E-state index in [9.17, 15) is 18.4 Å². The summed E-state index contributed by atoms with van der Waals surface area (Å²) in [7, 11) is 0. The van der Waals surface area contributed by atoms with Gasteiger partial charge in [0, 0.05) is 52.4 Å². The predicted molar refractivity (Wildman–Crippen MR) is 142 cm³/mol. The Labute approximate surface area is 223 Å². The number of hydrogen-bond donors (Lipinski definition) is 0. The first-order valence-electron chi connectivity index (χ1n) is 11.4. The molecule has 3 aromatic carbocycles. The van der Waals surface area contributed by atoms with Gasteiger partial charge in [-0.15, -0.1) is 11.8 Å². The zero-order valence-electron chi connectivity index (χ0n) is 19.5. The smallest absolute Gasteiger partial charge is 0.331 e. The normalized spacial score (nSPS) is 16.2. The molecule has 0 N–H and O–H groups in total. The van der Waals surface area contributed by atoms with Crippen LogP contribution >= 0.6 is 35.0 Å². The Hall–Kier alpha value is -2.61. The lowest BCUT2D eigenvalue weighted by atomic mass is 10.1. The first-order chi connectivity index (χ1) is 17.2. The molecule has 0 aliphatic carbocycles. The lowest BCUT2D eigenvalue weighted by molar-refractivity contribution is -0.141. The summed E-state index contributed by atoms with van der Waals surface area (Å²) in [6, 6.07) is 19.5. The molecule has 1 heterocycles. The number of carbonyl (C=O) groups excluding carboxylic acids is 2. The molecule has 1 aliphatic heterocycles. The van der Waals surface area contributed by atoms with E-state index in [1.807, 2.05) is 24.3 Å². The maximum atomic E-state index is 14.5. The highest BCUT2D eigenvalue weighted by Gasteiger charge is 2.40. The van der Waals surface area contributed by atoms with Crippen LogP contribution in [0.3, 0.4) is 0 Å². The number of rotatable bonds is 7. The molecule has 9 heteroatoms. The Morgan fingerprint density at radius 1 is 1.00 bits per heavy atom. The molecule has 1 unspecified atom stereocenters. The summed E-state index contributed by atoms with van der Waals surface area (Å²) in [5, 5.41) is 0.906. The molecular weight excluding hydrogens is 525 g/mol. The minimum absolute atomic E-state index is 0.0868. The second kappa shape index (κ2) is 11.2. The summed E-state index contributed by atoms with van der Waals surface area (Å²) in [4.78, 5) is 29.8. The van der Waals surface area contributed by atoms with Crippen molar-refractivity contribution in [2.24, 2.45) is 0 Å². The number of alkyl halides is 2. The number of benzene rings is 3. The Bertz CT molecular complexity index is 1260. The van der Waals surface area contributed by atoms with E-state index in [0.717, 1.165) is 17.4 Å². The van der Waals surface area contributed by atoms with Crippen molar-refractivity contribution in [3.63, 3.8) is 0 Å². The van der Waals surface area contributed by atoms with E-state index < -0.39 is 17.5 Å². The highest BCUT2D eigenvalue weighted by atomic mass is 35.5. The van der Waals surface area contributed by atoms with Gasteiger partial charge in [-0.3, -0.25) is 9.59 Å². The molecule has 0 aromatic heterocycles. The number of amides is 1. The Morgan fingerprint density at radius 3 is 2.42 bits per heavy atom. The number of carbonyl (C=O) groups is 2. The minimum atomic E-state index is -3.58. The Morgan fingerprint density at radius 2 is 1.75 bits per heavy atom. The number of ketones is 1. The van der Waals surface area contributed by atoms with Crippen molar-refractivity contribution in [3.05, 3.63) is 94.0 Å². The molecule has 1 atom stereocenters. The quantitative estimate of drug-likeness (QED) is 0.304. The van der Waals surface area contributed by atoms with Crippen LogP contribution in [0, 0.1) is 0 Å². The Kier molecular flexibility index (Phi) is 8.23. The highest BCUT2D eigenvalue weighted by molar-refractivity contribution is 8.00. The summed E-state index contributed by atoms with van der Waals surface area (Å²) in [6.45, 7) is 3.78. The molecule has 3 aromatic rings. The number of nitrogens with zero attached hydrogens (tertiary/aromatic N) is 2. The van der Waals surface area contributed by atoms with Gasteiger partial charge in [0.05, 0.1) is 10.8 Å². The fourth-order valence-electron chi connectivity index (χ4n) is 4.16. The molecule has 0 bridgehead atoms. The van der Waals surface area contributed by atoms with Crippen LogP contribution in [0.5, 0.6) is 0 Å². The molecule has 188 valence electrons. The van der Waals surface area contributed by atoms with Gasteiger partial charge in [-0.05, 0) is 43.3 Å². The van der Waals surface area contributed by atoms with E-state index in [1.165, 1.54) is 30.3 Å². The monoisotopic (exact) mass is 548 g/mol. The molecule has 1 aliphatic rings. The van der Waals surface area contributed by atoms with Gasteiger partial charge in [0.15, 0.2) is 0 Å². The maximum absolute atomic E-state index is 14.5. The fourth-order valence-corrected chi connectivity index (χ4v) is 5.51. The number of halogens is 4. The summed E-state index contributed by atoms with van der Waals surface area (Å²) >= 11 is 13.4. The third kappa shape index (κ3) is 5.85. The molecular formula is C27H24Cl2F2N2O2S. The van der Waals surface area contributed by atoms with Crippen LogP contribution < -0.4 is 4.90 Å². The van der Waals surface area contributed by atoms with E-state index in [0.29, 0.717) is 35.1 Å². The second-order valence-corrected chi connectivity index (χ2v) is 10.4. The molecule has 4 nitrogen and oxygen atoms in total. The van der Waals surface area contributed by atoms with Crippen molar-refractivity contribution in [1.29, 1.82) is 0 Å². The molecule has 1 amide bonds. The van der Waals surface area contributed by atoms with Crippen LogP contribution in [0.2, 0.25) is 10.0 Å². The summed E-state index contributed by atoms with van der Waals surface area (Å²) in [5.74, 6) is -5.39. The molecule has 1 saturated heterocycles. The summed E-state index contributed by atoms with van der Waals surface area (Å²) in [6.07, 6.45) is 0. The van der Waals surface area contributed by atoms with Crippen molar-refractivity contribution in [3.8, 4) is 0 Å². The van der Waals surface area contributed by atoms with Crippen LogP contribution in [0.1, 0.15) is 22.8 Å². The third-order valence-corrected chi connectivity index (χ3v) is 7.81. The number of hydrogen-bond acceptors (Lipinski definition) is 4. The first-order valence-corrected chi connectivity index (χ1v) is 13.1. The molecule has 0 spiro atoms. The standard InChI is InChI=1S/C27H24Cl2F2N2O2S/c1-18-16-32(12-13-33(18)22-9-5-8-21(28)15-22)26(35)19-10-11-24(23(29)14-19)36-17-25(34)27(30,31)20-6-3-2-4-7-20/h2-11,14-15,18H,12-13,16-17H2,1H3. The molecule has 0 saturated carbocycles. The largest absolute Gasteiger partial charge is 0.365 e. The van der Waals surface area contributed by atoms with Crippen molar-refractivity contribution in [2.45, 2.75) is 23.8 Å². The topological polar surface area (TPSA) is 40.6 Å². The van der Waals surface area contributed by atoms with Crippen LogP contribution in [0.15, 0.2) is 77.7 Å². The summed E-state index contributed by atoms with van der Waals surface area (Å²) < 4.78 is 28.9. The van der Waals surface area contributed by atoms with Crippen molar-refractivity contribution in [1.82, 2.24) is 4.90 Å². The number of piperazine rings is 1. The second-order valence-electron chi connectivity index (χ2n) is 8.57. The molecule has 36 heavy (non-hydrogen) atoms. The van der Waals surface area contributed by atoms with Gasteiger partial charge >= 0.3 is 5.92 Å². The first kappa shape index (κ1) is 26.5. The van der Waals surface area contributed by atoms with E-state index in [4.69, 9.17) is 23.2 Å². The van der Waals surface area contributed by atoms with E-state index in [-0.39, 0.29) is 22.5 Å². The van der Waals surface area contributed by atoms with E-state index in [1.54, 1.807) is 23.1 Å². The van der Waals surface area contributed by atoms with Crippen molar-refractivity contribution in [2.75, 3.05) is 30.3 Å². The van der Waals surface area contributed by atoms with Gasteiger partial charge in [0.2, 0.25) is 5.78 Å². The van der Waals surface area contributed by atoms with Gasteiger partial charge in [-0.1, -0.05) is 59.6 Å². The maximum Gasteiger partial charge on any atom is 0.331 e. The SMILES string of the molecule is CC1CN(C(=O)c2ccc(SCC(=O)C(F)(F)c3ccccc3)c(Cl)c2)CCN1c1cccc(Cl)c1. The lowest BCUT2D eigenvalue weighted by Crippen LogP contribution is -2.53. The minimum Gasteiger partial charge on any atom is -0.365 e. The van der Waals surface area contributed by atoms with Gasteiger partial charge in [0.25, 0.3) is 5.91 Å². The average Bonchev–Trinajstić information content (AvgIpc) is 2.87. The van der Waals surface area contributed by atoms with Crippen LogP contribution in [-0.4, -0.2) is 48.0 Å². The van der Waals surface area contributed by atoms with Crippen LogP contribution in [0.25, 0.3) is 0 Å². The zero-order valence-corrected chi connectivity index (χ0v) is 21.8. The number of anilines is 1. The zero-order chi connectivity index (χ0) is 25.9. The Balaban J connectivity index is 1.38. The van der Waals surface area contributed by atoms with Crippen molar-refractivity contribution >= 4 is 52.3 Å². The molecule has 0 radical (unpaired) electrons. The van der Waals surface area contributed by atoms with Crippen LogP contribution in [-0.2, 0) is 10.7 Å².